The van der Waals surface area contributed by atoms with Gasteiger partial charge in [-0.1, -0.05) is 66.2 Å². The van der Waals surface area contributed by atoms with Gasteiger partial charge < -0.3 is 9.15 Å². The Morgan fingerprint density at radius 3 is 2.58 bits per heavy atom. The maximum atomic E-state index is 12.6. The Balaban J connectivity index is 1.21. The first-order valence-corrected chi connectivity index (χ1v) is 11.9. The molecule has 0 amide bonds. The summed E-state index contributed by atoms with van der Waals surface area (Å²) in [5, 5.41) is 14.1. The summed E-state index contributed by atoms with van der Waals surface area (Å²) in [6.45, 7) is 2.80. The fourth-order valence-corrected chi connectivity index (χ4v) is 3.95. The maximum absolute atomic E-state index is 12.6. The van der Waals surface area contributed by atoms with E-state index in [0.717, 1.165) is 36.1 Å². The molecule has 0 atom stereocenters. The molecule has 0 aliphatic rings. The number of nitrogens with zero attached hydrogens (tertiary/aromatic N) is 3. The first kappa shape index (κ1) is 23.2. The Morgan fingerprint density at radius 1 is 0.972 bits per heavy atom. The van der Waals surface area contributed by atoms with Crippen LogP contribution in [-0.4, -0.2) is 27.2 Å². The lowest BCUT2D eigenvalue weighted by Gasteiger charge is -2.07. The van der Waals surface area contributed by atoms with Crippen molar-refractivity contribution in [2.24, 2.45) is 0 Å². The van der Waals surface area contributed by atoms with Crippen molar-refractivity contribution >= 4 is 23.1 Å². The predicted octanol–water partition coefficient (Wildman–Crippen LogP) is 5.85. The third kappa shape index (κ3) is 5.58. The highest BCUT2D eigenvalue weighted by molar-refractivity contribution is 5.89. The number of aryl methyl sites for hydroxylation is 2. The first-order valence-electron chi connectivity index (χ1n) is 11.9. The minimum atomic E-state index is -0.154. The van der Waals surface area contributed by atoms with Crippen LogP contribution in [0.5, 0.6) is 5.75 Å². The second-order valence-corrected chi connectivity index (χ2v) is 8.64. The minimum absolute atomic E-state index is 0.154. The number of rotatable bonds is 9. The van der Waals surface area contributed by atoms with Crippen LogP contribution in [0.1, 0.15) is 35.1 Å². The molecule has 0 bridgehead atoms. The Hall–Kier alpha value is -4.52. The number of nitrogens with one attached hydrogen (secondary N) is 1. The number of H-pyrrole nitrogens is 1. The van der Waals surface area contributed by atoms with Crippen LogP contribution in [0.4, 0.5) is 0 Å². The normalized spacial score (nSPS) is 11.4. The van der Waals surface area contributed by atoms with Crippen molar-refractivity contribution in [2.75, 3.05) is 6.61 Å². The molecule has 180 valence electrons. The summed E-state index contributed by atoms with van der Waals surface area (Å²) in [4.78, 5) is 12.6. The maximum Gasteiger partial charge on any atom is 0.215 e. The van der Waals surface area contributed by atoms with Crippen LogP contribution in [0.3, 0.4) is 0 Å². The summed E-state index contributed by atoms with van der Waals surface area (Å²) in [7, 11) is 0. The summed E-state index contributed by atoms with van der Waals surface area (Å²) in [5.41, 5.74) is 4.79. The standard InChI is InChI=1S/C29H26N4O3/c1-20-8-10-21(11-9-20)5-2-3-18-35-24-16-13-22(14-17-24)12-15-23-6-4-7-25-26(34)19-27(36-28(23)25)29-30-32-33-31-29/h4,6-17,19H,2-3,5,18H2,1H3,(H,30,31,32,33). The topological polar surface area (TPSA) is 93.9 Å². The Kier molecular flexibility index (Phi) is 6.98. The van der Waals surface area contributed by atoms with Crippen molar-refractivity contribution in [3.63, 3.8) is 0 Å². The molecular weight excluding hydrogens is 452 g/mol. The van der Waals surface area contributed by atoms with Gasteiger partial charge in [-0.3, -0.25) is 4.79 Å². The van der Waals surface area contributed by atoms with Crippen LogP contribution in [0, 0.1) is 6.92 Å². The number of unbranched alkanes of at least 4 members (excludes halogenated alkanes) is 1. The zero-order chi connectivity index (χ0) is 24.7. The molecule has 0 aliphatic heterocycles. The van der Waals surface area contributed by atoms with Crippen LogP contribution in [0.25, 0.3) is 34.7 Å². The largest absolute Gasteiger partial charge is 0.494 e. The van der Waals surface area contributed by atoms with E-state index in [0.29, 0.717) is 29.2 Å². The van der Waals surface area contributed by atoms with E-state index in [1.807, 2.05) is 48.6 Å². The van der Waals surface area contributed by atoms with Gasteiger partial charge in [0.2, 0.25) is 5.82 Å². The number of benzene rings is 3. The smallest absolute Gasteiger partial charge is 0.215 e. The van der Waals surface area contributed by atoms with Gasteiger partial charge in [0, 0.05) is 11.6 Å². The van der Waals surface area contributed by atoms with Crippen molar-refractivity contribution < 1.29 is 9.15 Å². The Bertz CT molecular complexity index is 1520. The van der Waals surface area contributed by atoms with Gasteiger partial charge in [-0.2, -0.15) is 0 Å². The number of hydrogen-bond acceptors (Lipinski definition) is 6. The highest BCUT2D eigenvalue weighted by atomic mass is 16.5. The zero-order valence-corrected chi connectivity index (χ0v) is 20.0. The second kappa shape index (κ2) is 10.8. The summed E-state index contributed by atoms with van der Waals surface area (Å²) in [6.07, 6.45) is 7.07. The van der Waals surface area contributed by atoms with Crippen molar-refractivity contribution in [3.05, 3.63) is 105 Å². The van der Waals surface area contributed by atoms with Crippen LogP contribution < -0.4 is 10.2 Å². The molecule has 5 rings (SSSR count). The predicted molar refractivity (Wildman–Crippen MR) is 141 cm³/mol. The van der Waals surface area contributed by atoms with Gasteiger partial charge in [-0.25, -0.2) is 5.10 Å². The molecule has 0 aliphatic carbocycles. The number of fused-ring (bicyclic) bond motifs is 1. The molecule has 0 unspecified atom stereocenters. The average molecular weight is 479 g/mol. The molecule has 7 nitrogen and oxygen atoms in total. The van der Waals surface area contributed by atoms with Gasteiger partial charge in [0.25, 0.3) is 0 Å². The molecular formula is C29H26N4O3. The van der Waals surface area contributed by atoms with Crippen LogP contribution in [0.2, 0.25) is 0 Å². The molecule has 0 radical (unpaired) electrons. The minimum Gasteiger partial charge on any atom is -0.494 e. The average Bonchev–Trinajstić information content (AvgIpc) is 3.44. The number of hydrogen-bond donors (Lipinski definition) is 1. The summed E-state index contributed by atoms with van der Waals surface area (Å²) < 4.78 is 11.9. The number of tetrazole rings is 1. The zero-order valence-electron chi connectivity index (χ0n) is 20.0. The fraction of sp³-hybridized carbons (Fsp3) is 0.172. The second-order valence-electron chi connectivity index (χ2n) is 8.64. The lowest BCUT2D eigenvalue weighted by molar-refractivity contribution is 0.307. The van der Waals surface area contributed by atoms with Gasteiger partial charge in [0.1, 0.15) is 11.3 Å². The molecule has 7 heteroatoms. The quantitative estimate of drug-likeness (QED) is 0.211. The Morgan fingerprint density at radius 2 is 1.81 bits per heavy atom. The summed E-state index contributed by atoms with van der Waals surface area (Å²) >= 11 is 0. The highest BCUT2D eigenvalue weighted by Crippen LogP contribution is 2.24. The van der Waals surface area contributed by atoms with Crippen molar-refractivity contribution in [2.45, 2.75) is 26.2 Å². The summed E-state index contributed by atoms with van der Waals surface area (Å²) in [5.74, 6) is 1.45. The Labute approximate surface area is 208 Å². The third-order valence-electron chi connectivity index (χ3n) is 5.95. The molecule has 0 saturated carbocycles. The van der Waals surface area contributed by atoms with Crippen molar-refractivity contribution in [1.29, 1.82) is 0 Å². The van der Waals surface area contributed by atoms with Gasteiger partial charge >= 0.3 is 0 Å². The lowest BCUT2D eigenvalue weighted by Crippen LogP contribution is -2.01. The highest BCUT2D eigenvalue weighted by Gasteiger charge is 2.11. The van der Waals surface area contributed by atoms with Gasteiger partial charge in [0.15, 0.2) is 11.2 Å². The van der Waals surface area contributed by atoms with Gasteiger partial charge in [0.05, 0.1) is 12.0 Å². The SMILES string of the molecule is Cc1ccc(CCCCOc2ccc(C=Cc3cccc4c(=O)cc(-c5nnn[nH]5)oc34)cc2)cc1. The monoisotopic (exact) mass is 478 g/mol. The molecule has 36 heavy (non-hydrogen) atoms. The van der Waals surface area contributed by atoms with E-state index < -0.39 is 0 Å². The molecule has 3 aromatic carbocycles. The fourth-order valence-electron chi connectivity index (χ4n) is 3.95. The van der Waals surface area contributed by atoms with E-state index in [2.05, 4.69) is 51.8 Å². The number of ether oxygens (including phenoxy) is 1. The van der Waals surface area contributed by atoms with E-state index in [4.69, 9.17) is 9.15 Å². The molecule has 0 spiro atoms. The van der Waals surface area contributed by atoms with Crippen molar-refractivity contribution in [1.82, 2.24) is 20.6 Å². The van der Waals surface area contributed by atoms with Crippen LogP contribution in [-0.2, 0) is 6.42 Å². The molecule has 0 fully saturated rings. The van der Waals surface area contributed by atoms with Gasteiger partial charge in [-0.15, -0.1) is 5.10 Å². The molecule has 2 heterocycles. The van der Waals surface area contributed by atoms with E-state index in [9.17, 15) is 4.79 Å². The number of para-hydroxylation sites is 1. The van der Waals surface area contributed by atoms with E-state index in [-0.39, 0.29) is 5.43 Å². The van der Waals surface area contributed by atoms with Gasteiger partial charge in [-0.05, 0) is 65.9 Å². The van der Waals surface area contributed by atoms with E-state index in [1.165, 1.54) is 17.2 Å². The van der Waals surface area contributed by atoms with E-state index in [1.54, 1.807) is 6.07 Å². The third-order valence-corrected chi connectivity index (χ3v) is 5.95. The van der Waals surface area contributed by atoms with Crippen LogP contribution >= 0.6 is 0 Å². The summed E-state index contributed by atoms with van der Waals surface area (Å²) in [6, 6.07) is 23.5. The first-order chi connectivity index (χ1) is 17.7. The molecule has 2 aromatic heterocycles. The van der Waals surface area contributed by atoms with E-state index >= 15 is 0 Å². The number of aromatic amines is 1. The van der Waals surface area contributed by atoms with Crippen LogP contribution in [0.15, 0.2) is 82.0 Å². The lowest BCUT2D eigenvalue weighted by atomic mass is 10.1. The molecule has 5 aromatic rings. The molecule has 0 saturated heterocycles. The number of aromatic nitrogens is 4. The molecule has 1 N–H and O–H groups in total. The van der Waals surface area contributed by atoms with Crippen molar-refractivity contribution in [3.8, 4) is 17.3 Å².